The average Bonchev–Trinajstić information content (AvgIpc) is 2.46. The Balaban J connectivity index is 2.06. The number of nitro groups is 1. The molecule has 0 aromatic heterocycles. The largest absolute Gasteiger partial charge is 0.489 e. The van der Waals surface area contributed by atoms with E-state index in [0.717, 1.165) is 11.3 Å². The summed E-state index contributed by atoms with van der Waals surface area (Å²) in [7, 11) is 0. The third-order valence-electron chi connectivity index (χ3n) is 3.16. The zero-order chi connectivity index (χ0) is 15.4. The Labute approximate surface area is 132 Å². The molecule has 2 aromatic carbocycles. The summed E-state index contributed by atoms with van der Waals surface area (Å²) in [5, 5.41) is 10.9. The lowest BCUT2D eigenvalue weighted by atomic mass is 10.0. The van der Waals surface area contributed by atoms with Crippen LogP contribution < -0.4 is 4.74 Å². The van der Waals surface area contributed by atoms with Crippen LogP contribution in [0.15, 0.2) is 46.9 Å². The fourth-order valence-corrected chi connectivity index (χ4v) is 2.29. The van der Waals surface area contributed by atoms with E-state index in [-0.39, 0.29) is 5.69 Å². The second-order valence-corrected chi connectivity index (χ2v) is 5.91. The van der Waals surface area contributed by atoms with Gasteiger partial charge in [-0.15, -0.1) is 0 Å². The summed E-state index contributed by atoms with van der Waals surface area (Å²) in [4.78, 5) is 10.5. The highest BCUT2D eigenvalue weighted by molar-refractivity contribution is 9.10. The van der Waals surface area contributed by atoms with Gasteiger partial charge in [0.2, 0.25) is 0 Å². The van der Waals surface area contributed by atoms with Gasteiger partial charge in [-0.25, -0.2) is 0 Å². The number of nitrogens with zero attached hydrogens (tertiary/aromatic N) is 1. The van der Waals surface area contributed by atoms with Crippen LogP contribution in [0.5, 0.6) is 5.75 Å². The molecule has 110 valence electrons. The number of nitro benzene ring substituents is 1. The minimum Gasteiger partial charge on any atom is -0.489 e. The van der Waals surface area contributed by atoms with E-state index in [9.17, 15) is 10.1 Å². The Morgan fingerprint density at radius 2 is 1.86 bits per heavy atom. The first-order valence-electron chi connectivity index (χ1n) is 6.63. The number of rotatable bonds is 5. The van der Waals surface area contributed by atoms with Gasteiger partial charge < -0.3 is 4.74 Å². The fraction of sp³-hybridized carbons (Fsp3) is 0.250. The topological polar surface area (TPSA) is 52.4 Å². The Morgan fingerprint density at radius 1 is 1.19 bits per heavy atom. The molecule has 0 aliphatic heterocycles. The summed E-state index contributed by atoms with van der Waals surface area (Å²) in [6.07, 6.45) is 0. The molecule has 21 heavy (non-hydrogen) atoms. The van der Waals surface area contributed by atoms with Crippen LogP contribution in [0, 0.1) is 10.1 Å². The van der Waals surface area contributed by atoms with Crippen molar-refractivity contribution in [2.45, 2.75) is 26.4 Å². The monoisotopic (exact) mass is 349 g/mol. The Morgan fingerprint density at radius 3 is 2.43 bits per heavy atom. The Kier molecular flexibility index (Phi) is 4.96. The van der Waals surface area contributed by atoms with Crippen LogP contribution in [0.3, 0.4) is 0 Å². The first kappa shape index (κ1) is 15.5. The minimum atomic E-state index is -0.412. The van der Waals surface area contributed by atoms with E-state index in [2.05, 4.69) is 29.8 Å². The van der Waals surface area contributed by atoms with Crippen LogP contribution in [0.4, 0.5) is 5.69 Å². The van der Waals surface area contributed by atoms with Crippen LogP contribution in [0.1, 0.15) is 30.9 Å². The minimum absolute atomic E-state index is 0.0475. The van der Waals surface area contributed by atoms with Gasteiger partial charge in [-0.1, -0.05) is 32.0 Å². The van der Waals surface area contributed by atoms with Crippen molar-refractivity contribution in [2.75, 3.05) is 0 Å². The van der Waals surface area contributed by atoms with E-state index in [1.807, 2.05) is 24.3 Å². The molecule has 0 saturated heterocycles. The summed E-state index contributed by atoms with van der Waals surface area (Å²) < 4.78 is 6.13. The van der Waals surface area contributed by atoms with Gasteiger partial charge in [0.1, 0.15) is 12.4 Å². The molecule has 0 amide bonds. The van der Waals surface area contributed by atoms with Crippen molar-refractivity contribution in [3.63, 3.8) is 0 Å². The summed E-state index contributed by atoms with van der Waals surface area (Å²) in [6.45, 7) is 4.57. The van der Waals surface area contributed by atoms with Crippen molar-refractivity contribution < 1.29 is 9.66 Å². The van der Waals surface area contributed by atoms with Crippen molar-refractivity contribution in [3.05, 3.63) is 68.2 Å². The lowest BCUT2D eigenvalue weighted by Crippen LogP contribution is -1.98. The van der Waals surface area contributed by atoms with Crippen LogP contribution >= 0.6 is 15.9 Å². The van der Waals surface area contributed by atoms with Gasteiger partial charge in [0.25, 0.3) is 5.69 Å². The van der Waals surface area contributed by atoms with E-state index in [4.69, 9.17) is 4.74 Å². The SMILES string of the molecule is CC(C)c1ccc(OCc2ccc(Br)c([N+](=O)[O-])c2)cc1. The van der Waals surface area contributed by atoms with Gasteiger partial charge in [0.05, 0.1) is 9.40 Å². The van der Waals surface area contributed by atoms with Crippen molar-refractivity contribution in [1.82, 2.24) is 0 Å². The number of ether oxygens (including phenoxy) is 1. The molecular formula is C16H16BrNO3. The lowest BCUT2D eigenvalue weighted by molar-refractivity contribution is -0.385. The third-order valence-corrected chi connectivity index (χ3v) is 3.83. The lowest BCUT2D eigenvalue weighted by Gasteiger charge is -2.09. The Bertz CT molecular complexity index is 638. The summed E-state index contributed by atoms with van der Waals surface area (Å²) in [5.41, 5.74) is 2.06. The smallest absolute Gasteiger partial charge is 0.283 e. The van der Waals surface area contributed by atoms with Crippen molar-refractivity contribution >= 4 is 21.6 Å². The Hall–Kier alpha value is -1.88. The molecule has 0 radical (unpaired) electrons. The molecule has 0 aliphatic rings. The van der Waals surface area contributed by atoms with Crippen LogP contribution in [0.25, 0.3) is 0 Å². The molecule has 0 aliphatic carbocycles. The van der Waals surface area contributed by atoms with Crippen molar-refractivity contribution in [3.8, 4) is 5.75 Å². The van der Waals surface area contributed by atoms with Crippen molar-refractivity contribution in [1.29, 1.82) is 0 Å². The maximum atomic E-state index is 10.9. The molecule has 4 nitrogen and oxygen atoms in total. The van der Waals surface area contributed by atoms with Crippen LogP contribution in [-0.4, -0.2) is 4.92 Å². The van der Waals surface area contributed by atoms with Crippen LogP contribution in [-0.2, 0) is 6.61 Å². The normalized spacial score (nSPS) is 10.7. The molecule has 0 unspecified atom stereocenters. The highest BCUT2D eigenvalue weighted by Crippen LogP contribution is 2.26. The maximum Gasteiger partial charge on any atom is 0.283 e. The summed E-state index contributed by atoms with van der Waals surface area (Å²) >= 11 is 3.17. The first-order chi connectivity index (χ1) is 9.97. The molecule has 0 atom stereocenters. The summed E-state index contributed by atoms with van der Waals surface area (Å²) in [6, 6.07) is 12.9. The molecule has 0 N–H and O–H groups in total. The fourth-order valence-electron chi connectivity index (χ4n) is 1.90. The summed E-state index contributed by atoms with van der Waals surface area (Å²) in [5.74, 6) is 1.23. The average molecular weight is 350 g/mol. The molecule has 2 rings (SSSR count). The van der Waals surface area contributed by atoms with E-state index in [0.29, 0.717) is 17.0 Å². The predicted octanol–water partition coefficient (Wildman–Crippen LogP) is 5.06. The zero-order valence-corrected chi connectivity index (χ0v) is 13.5. The van der Waals surface area contributed by atoms with Gasteiger partial charge in [-0.05, 0) is 51.2 Å². The molecular weight excluding hydrogens is 334 g/mol. The number of hydrogen-bond acceptors (Lipinski definition) is 3. The van der Waals surface area contributed by atoms with Gasteiger partial charge in [-0.2, -0.15) is 0 Å². The molecule has 0 spiro atoms. The highest BCUT2D eigenvalue weighted by atomic mass is 79.9. The van der Waals surface area contributed by atoms with E-state index in [1.54, 1.807) is 12.1 Å². The zero-order valence-electron chi connectivity index (χ0n) is 11.9. The van der Waals surface area contributed by atoms with E-state index < -0.39 is 4.92 Å². The highest BCUT2D eigenvalue weighted by Gasteiger charge is 2.12. The van der Waals surface area contributed by atoms with Gasteiger partial charge in [0, 0.05) is 6.07 Å². The quantitative estimate of drug-likeness (QED) is 0.559. The standard InChI is InChI=1S/C16H16BrNO3/c1-11(2)13-4-6-14(7-5-13)21-10-12-3-8-15(17)16(9-12)18(19)20/h3-9,11H,10H2,1-2H3. The second-order valence-electron chi connectivity index (χ2n) is 5.06. The van der Waals surface area contributed by atoms with Crippen molar-refractivity contribution in [2.24, 2.45) is 0 Å². The van der Waals surface area contributed by atoms with E-state index >= 15 is 0 Å². The molecule has 0 saturated carbocycles. The molecule has 5 heteroatoms. The van der Waals surface area contributed by atoms with E-state index in [1.165, 1.54) is 11.6 Å². The molecule has 0 fully saturated rings. The maximum absolute atomic E-state index is 10.9. The molecule has 0 heterocycles. The van der Waals surface area contributed by atoms with Crippen LogP contribution in [0.2, 0.25) is 0 Å². The third kappa shape index (κ3) is 4.04. The van der Waals surface area contributed by atoms with Gasteiger partial charge >= 0.3 is 0 Å². The predicted molar refractivity (Wildman–Crippen MR) is 85.7 cm³/mol. The van der Waals surface area contributed by atoms with Gasteiger partial charge in [0.15, 0.2) is 0 Å². The second kappa shape index (κ2) is 6.72. The number of halogens is 1. The number of hydrogen-bond donors (Lipinski definition) is 0. The van der Waals surface area contributed by atoms with Gasteiger partial charge in [-0.3, -0.25) is 10.1 Å². The molecule has 0 bridgehead atoms. The molecule has 2 aromatic rings. The number of benzene rings is 2. The first-order valence-corrected chi connectivity index (χ1v) is 7.42.